The fourth-order valence-corrected chi connectivity index (χ4v) is 3.04. The molecule has 0 radical (unpaired) electrons. The summed E-state index contributed by atoms with van der Waals surface area (Å²) in [7, 11) is 0. The van der Waals surface area contributed by atoms with E-state index >= 15 is 0 Å². The van der Waals surface area contributed by atoms with Crippen LogP contribution >= 0.6 is 0 Å². The maximum absolute atomic E-state index is 14.1. The topological polar surface area (TPSA) is 56.6 Å². The van der Waals surface area contributed by atoms with E-state index in [-0.39, 0.29) is 11.8 Å². The monoisotopic (exact) mass is 303 g/mol. The molecule has 0 spiro atoms. The lowest BCUT2D eigenvalue weighted by Crippen LogP contribution is -2.42. The molecule has 3 rings (SSSR count). The summed E-state index contributed by atoms with van der Waals surface area (Å²) in [6, 6.07) is 6.38. The number of nitriles is 1. The summed E-state index contributed by atoms with van der Waals surface area (Å²) >= 11 is 0. The van der Waals surface area contributed by atoms with Crippen LogP contribution in [0.5, 0.6) is 0 Å². The van der Waals surface area contributed by atoms with Crippen LogP contribution in [0.2, 0.25) is 0 Å². The second kappa shape index (κ2) is 6.32. The molecule has 2 fully saturated rings. The first-order chi connectivity index (χ1) is 10.7. The van der Waals surface area contributed by atoms with Gasteiger partial charge in [0.25, 0.3) is 0 Å². The highest BCUT2D eigenvalue weighted by Gasteiger charge is 2.33. The minimum Gasteiger partial charge on any atom is -0.368 e. The summed E-state index contributed by atoms with van der Waals surface area (Å²) in [5, 5.41) is 8.79. The Labute approximate surface area is 128 Å². The first-order valence-electron chi connectivity index (χ1n) is 7.50. The zero-order valence-electron chi connectivity index (χ0n) is 12.3. The van der Waals surface area contributed by atoms with Crippen molar-refractivity contribution in [3.8, 4) is 6.07 Å². The SMILES string of the molecule is N#Cc1ccc(N2CCC(C(=O)N3CCCOC3)C2)c(F)c1. The quantitative estimate of drug-likeness (QED) is 0.835. The maximum atomic E-state index is 14.1. The molecule has 6 heteroatoms. The zero-order valence-corrected chi connectivity index (χ0v) is 12.3. The van der Waals surface area contributed by atoms with Gasteiger partial charge in [-0.3, -0.25) is 4.79 Å². The highest BCUT2D eigenvalue weighted by molar-refractivity contribution is 5.80. The molecule has 0 N–H and O–H groups in total. The average molecular weight is 303 g/mol. The average Bonchev–Trinajstić information content (AvgIpc) is 3.04. The van der Waals surface area contributed by atoms with Crippen LogP contribution < -0.4 is 4.90 Å². The van der Waals surface area contributed by atoms with Gasteiger partial charge >= 0.3 is 0 Å². The van der Waals surface area contributed by atoms with Crippen LogP contribution in [-0.4, -0.2) is 43.8 Å². The fraction of sp³-hybridized carbons (Fsp3) is 0.500. The van der Waals surface area contributed by atoms with Gasteiger partial charge in [-0.1, -0.05) is 0 Å². The van der Waals surface area contributed by atoms with E-state index in [0.29, 0.717) is 37.7 Å². The number of benzene rings is 1. The van der Waals surface area contributed by atoms with Crippen molar-refractivity contribution in [1.29, 1.82) is 5.26 Å². The number of hydrogen-bond acceptors (Lipinski definition) is 4. The van der Waals surface area contributed by atoms with E-state index in [1.165, 1.54) is 6.07 Å². The lowest BCUT2D eigenvalue weighted by atomic mass is 10.1. The summed E-state index contributed by atoms with van der Waals surface area (Å²) in [6.07, 6.45) is 1.58. The van der Waals surface area contributed by atoms with Gasteiger partial charge in [0.15, 0.2) is 0 Å². The molecule has 1 atom stereocenters. The largest absolute Gasteiger partial charge is 0.368 e. The number of ether oxygens (including phenoxy) is 1. The van der Waals surface area contributed by atoms with E-state index in [9.17, 15) is 9.18 Å². The number of rotatable bonds is 2. The predicted octanol–water partition coefficient (Wildman–Crippen LogP) is 1.73. The van der Waals surface area contributed by atoms with Crippen LogP contribution in [0.3, 0.4) is 0 Å². The first kappa shape index (κ1) is 14.8. The van der Waals surface area contributed by atoms with Gasteiger partial charge in [-0.2, -0.15) is 5.26 Å². The molecule has 1 unspecified atom stereocenters. The number of nitrogens with zero attached hydrogens (tertiary/aromatic N) is 3. The fourth-order valence-electron chi connectivity index (χ4n) is 3.04. The molecular weight excluding hydrogens is 285 g/mol. The van der Waals surface area contributed by atoms with Crippen LogP contribution in [-0.2, 0) is 9.53 Å². The summed E-state index contributed by atoms with van der Waals surface area (Å²) in [5.74, 6) is -0.429. The minimum absolute atomic E-state index is 0.0938. The molecule has 1 amide bonds. The number of anilines is 1. The summed E-state index contributed by atoms with van der Waals surface area (Å²) in [6.45, 7) is 2.96. The van der Waals surface area contributed by atoms with Crippen molar-refractivity contribution >= 4 is 11.6 Å². The summed E-state index contributed by atoms with van der Waals surface area (Å²) in [4.78, 5) is 16.1. The summed E-state index contributed by atoms with van der Waals surface area (Å²) < 4.78 is 19.4. The van der Waals surface area contributed by atoms with E-state index in [1.807, 2.05) is 11.0 Å². The maximum Gasteiger partial charge on any atom is 0.229 e. The van der Waals surface area contributed by atoms with Gasteiger partial charge in [-0.15, -0.1) is 0 Å². The highest BCUT2D eigenvalue weighted by atomic mass is 19.1. The summed E-state index contributed by atoms with van der Waals surface area (Å²) in [5.41, 5.74) is 0.766. The molecule has 0 saturated carbocycles. The third-order valence-corrected chi connectivity index (χ3v) is 4.23. The molecule has 2 heterocycles. The normalized spacial score (nSPS) is 21.7. The Morgan fingerprint density at radius 3 is 2.95 bits per heavy atom. The van der Waals surface area contributed by atoms with Gasteiger partial charge in [0.05, 0.1) is 29.8 Å². The zero-order chi connectivity index (χ0) is 15.5. The van der Waals surface area contributed by atoms with Gasteiger partial charge in [0.1, 0.15) is 12.5 Å². The van der Waals surface area contributed by atoms with Crippen LogP contribution in [0.4, 0.5) is 10.1 Å². The number of carbonyl (C=O) groups excluding carboxylic acids is 1. The van der Waals surface area contributed by atoms with Gasteiger partial charge in [0, 0.05) is 19.6 Å². The molecule has 2 aliphatic heterocycles. The third-order valence-electron chi connectivity index (χ3n) is 4.23. The Morgan fingerprint density at radius 2 is 2.27 bits per heavy atom. The van der Waals surface area contributed by atoms with Crippen LogP contribution in [0.25, 0.3) is 0 Å². The van der Waals surface area contributed by atoms with Gasteiger partial charge in [0.2, 0.25) is 5.91 Å². The molecule has 116 valence electrons. The predicted molar refractivity (Wildman–Crippen MR) is 78.6 cm³/mol. The Bertz CT molecular complexity index is 608. The van der Waals surface area contributed by atoms with Crippen molar-refractivity contribution in [2.75, 3.05) is 37.9 Å². The lowest BCUT2D eigenvalue weighted by molar-refractivity contribution is -0.144. The van der Waals surface area contributed by atoms with Gasteiger partial charge in [-0.05, 0) is 31.0 Å². The van der Waals surface area contributed by atoms with Gasteiger partial charge < -0.3 is 14.5 Å². The second-order valence-electron chi connectivity index (χ2n) is 5.70. The van der Waals surface area contributed by atoms with Crippen molar-refractivity contribution in [3.05, 3.63) is 29.6 Å². The molecule has 2 aliphatic rings. The molecule has 1 aromatic rings. The van der Waals surface area contributed by atoms with Crippen molar-refractivity contribution in [1.82, 2.24) is 4.90 Å². The molecular formula is C16H18FN3O2. The Kier molecular flexibility index (Phi) is 4.25. The number of hydrogen-bond donors (Lipinski definition) is 0. The molecule has 22 heavy (non-hydrogen) atoms. The molecule has 5 nitrogen and oxygen atoms in total. The second-order valence-corrected chi connectivity index (χ2v) is 5.70. The third kappa shape index (κ3) is 2.90. The van der Waals surface area contributed by atoms with Crippen LogP contribution in [0.15, 0.2) is 18.2 Å². The van der Waals surface area contributed by atoms with Crippen LogP contribution in [0.1, 0.15) is 18.4 Å². The van der Waals surface area contributed by atoms with Crippen molar-refractivity contribution in [2.24, 2.45) is 5.92 Å². The molecule has 0 aromatic heterocycles. The van der Waals surface area contributed by atoms with Crippen molar-refractivity contribution in [2.45, 2.75) is 12.8 Å². The molecule has 0 aliphatic carbocycles. The Balaban J connectivity index is 1.67. The number of carbonyl (C=O) groups is 1. The first-order valence-corrected chi connectivity index (χ1v) is 7.50. The van der Waals surface area contributed by atoms with E-state index in [0.717, 1.165) is 19.4 Å². The smallest absolute Gasteiger partial charge is 0.229 e. The highest BCUT2D eigenvalue weighted by Crippen LogP contribution is 2.28. The van der Waals surface area contributed by atoms with E-state index in [1.54, 1.807) is 17.0 Å². The Hall–Kier alpha value is -2.13. The lowest BCUT2D eigenvalue weighted by Gasteiger charge is -2.29. The molecule has 1 aromatic carbocycles. The van der Waals surface area contributed by atoms with Crippen molar-refractivity contribution < 1.29 is 13.9 Å². The van der Waals surface area contributed by atoms with E-state index in [2.05, 4.69) is 0 Å². The standard InChI is InChI=1S/C16H18FN3O2/c17-14-8-12(9-18)2-3-15(14)19-6-4-13(10-19)16(21)20-5-1-7-22-11-20/h2-3,8,13H,1,4-7,10-11H2. The molecule has 0 bridgehead atoms. The van der Waals surface area contributed by atoms with E-state index < -0.39 is 5.82 Å². The van der Waals surface area contributed by atoms with Crippen molar-refractivity contribution in [3.63, 3.8) is 0 Å². The number of amides is 1. The van der Waals surface area contributed by atoms with Gasteiger partial charge in [-0.25, -0.2) is 4.39 Å². The Morgan fingerprint density at radius 1 is 1.41 bits per heavy atom. The molecule has 2 saturated heterocycles. The van der Waals surface area contributed by atoms with E-state index in [4.69, 9.17) is 10.00 Å². The van der Waals surface area contributed by atoms with Crippen LogP contribution in [0, 0.1) is 23.1 Å². The minimum atomic E-state index is -0.409. The number of halogens is 1.